The van der Waals surface area contributed by atoms with E-state index in [1.807, 2.05) is 42.5 Å². The number of aliphatic carboxylic acids is 1. The lowest BCUT2D eigenvalue weighted by Gasteiger charge is -2.40. The number of hydrogen-bond donors (Lipinski definition) is 1. The van der Waals surface area contributed by atoms with Gasteiger partial charge in [0.2, 0.25) is 0 Å². The van der Waals surface area contributed by atoms with Crippen LogP contribution in [-0.4, -0.2) is 35.9 Å². The highest BCUT2D eigenvalue weighted by atomic mass is 32.1. The van der Waals surface area contributed by atoms with Crippen LogP contribution in [0.4, 0.5) is 0 Å². The molecule has 1 aliphatic rings. The molecular weight excluding hydrogens is 386 g/mol. The number of carboxylic acid groups (broad SMARTS) is 1. The molecule has 1 saturated heterocycles. The molecule has 29 heavy (non-hydrogen) atoms. The Kier molecular flexibility index (Phi) is 5.65. The first-order chi connectivity index (χ1) is 14.1. The first kappa shape index (κ1) is 19.6. The van der Waals surface area contributed by atoms with Crippen LogP contribution in [0.5, 0.6) is 5.75 Å². The number of benzene rings is 2. The van der Waals surface area contributed by atoms with E-state index in [0.717, 1.165) is 34.0 Å². The summed E-state index contributed by atoms with van der Waals surface area (Å²) >= 11 is 1.71. The highest BCUT2D eigenvalue weighted by Crippen LogP contribution is 2.36. The van der Waals surface area contributed by atoms with Gasteiger partial charge >= 0.3 is 5.97 Å². The highest BCUT2D eigenvalue weighted by Gasteiger charge is 2.42. The first-order valence-electron chi connectivity index (χ1n) is 9.60. The predicted molar refractivity (Wildman–Crippen MR) is 113 cm³/mol. The van der Waals surface area contributed by atoms with Crippen molar-refractivity contribution in [1.29, 1.82) is 0 Å². The number of aryl methyl sites for hydroxylation is 1. The molecule has 0 unspecified atom stereocenters. The predicted octanol–water partition coefficient (Wildman–Crippen LogP) is 4.48. The molecule has 0 atom stereocenters. The fraction of sp³-hybridized carbons (Fsp3) is 0.304. The van der Waals surface area contributed by atoms with Gasteiger partial charge in [0.15, 0.2) is 0 Å². The van der Waals surface area contributed by atoms with Crippen molar-refractivity contribution in [3.63, 3.8) is 0 Å². The molecule has 6 heteroatoms. The van der Waals surface area contributed by atoms with Crippen LogP contribution in [0.3, 0.4) is 0 Å². The van der Waals surface area contributed by atoms with Crippen LogP contribution in [-0.2, 0) is 21.4 Å². The molecule has 1 aliphatic heterocycles. The zero-order chi connectivity index (χ0) is 20.3. The van der Waals surface area contributed by atoms with E-state index in [0.29, 0.717) is 19.8 Å². The normalized spacial score (nSPS) is 14.9. The lowest BCUT2D eigenvalue weighted by atomic mass is 9.76. The van der Waals surface area contributed by atoms with Gasteiger partial charge < -0.3 is 14.6 Å². The van der Waals surface area contributed by atoms with E-state index in [4.69, 9.17) is 19.6 Å². The van der Waals surface area contributed by atoms with Crippen LogP contribution >= 0.6 is 11.3 Å². The largest absolute Gasteiger partial charge is 0.493 e. The number of carboxylic acids is 1. The molecule has 1 fully saturated rings. The van der Waals surface area contributed by atoms with Crippen molar-refractivity contribution in [3.05, 3.63) is 70.7 Å². The van der Waals surface area contributed by atoms with Gasteiger partial charge in [0.1, 0.15) is 10.8 Å². The Labute approximate surface area is 174 Å². The summed E-state index contributed by atoms with van der Waals surface area (Å²) in [7, 11) is 0. The quantitative estimate of drug-likeness (QED) is 0.594. The first-order valence-corrected chi connectivity index (χ1v) is 10.4. The molecule has 1 aromatic heterocycles. The van der Waals surface area contributed by atoms with Gasteiger partial charge in [-0.1, -0.05) is 42.5 Å². The molecule has 3 aromatic rings. The summed E-state index contributed by atoms with van der Waals surface area (Å²) in [6.07, 6.45) is 0.827. The Morgan fingerprint density at radius 3 is 2.52 bits per heavy atom. The number of thiazole rings is 1. The lowest BCUT2D eigenvalue weighted by Crippen LogP contribution is -2.48. The second-order valence-electron chi connectivity index (χ2n) is 7.35. The van der Waals surface area contributed by atoms with Crippen molar-refractivity contribution >= 4 is 17.3 Å². The molecule has 2 aromatic carbocycles. The monoisotopic (exact) mass is 409 g/mol. The number of aromatic nitrogens is 1. The Balaban J connectivity index is 1.36. The Hall–Kier alpha value is -2.70. The van der Waals surface area contributed by atoms with E-state index in [1.54, 1.807) is 11.3 Å². The minimum Gasteiger partial charge on any atom is -0.493 e. The van der Waals surface area contributed by atoms with Crippen molar-refractivity contribution in [2.45, 2.75) is 25.2 Å². The average molecular weight is 410 g/mol. The zero-order valence-electron chi connectivity index (χ0n) is 16.3. The number of nitrogens with zero attached hydrogens (tertiary/aromatic N) is 1. The topological polar surface area (TPSA) is 68.7 Å². The molecule has 0 bridgehead atoms. The molecule has 4 rings (SSSR count). The molecule has 2 heterocycles. The molecule has 0 spiro atoms. The van der Waals surface area contributed by atoms with Gasteiger partial charge in [-0.3, -0.25) is 4.79 Å². The van der Waals surface area contributed by atoms with E-state index in [2.05, 4.69) is 19.1 Å². The molecule has 0 saturated carbocycles. The fourth-order valence-electron chi connectivity index (χ4n) is 3.54. The maximum absolute atomic E-state index is 11.2. The lowest BCUT2D eigenvalue weighted by molar-refractivity contribution is -0.145. The van der Waals surface area contributed by atoms with Crippen molar-refractivity contribution in [2.75, 3.05) is 19.8 Å². The summed E-state index contributed by atoms with van der Waals surface area (Å²) in [5.74, 6) is -0.0298. The summed E-state index contributed by atoms with van der Waals surface area (Å²) in [5, 5.41) is 10.2. The van der Waals surface area contributed by atoms with Crippen LogP contribution in [0, 0.1) is 6.92 Å². The second kappa shape index (κ2) is 8.35. The number of carbonyl (C=O) groups is 1. The Morgan fingerprint density at radius 2 is 1.90 bits per heavy atom. The summed E-state index contributed by atoms with van der Waals surface area (Å²) in [6, 6.07) is 17.9. The van der Waals surface area contributed by atoms with Gasteiger partial charge in [-0.2, -0.15) is 0 Å². The third-order valence-corrected chi connectivity index (χ3v) is 6.30. The standard InChI is InChI=1S/C23H23NO4S/c1-16-20(24-22(29-16)17-5-3-2-4-6-17)11-12-28-19-9-7-18(8-10-19)23(13-21(25)26)14-27-15-23/h2-10H,11-15H2,1H3,(H,25,26). The van der Waals surface area contributed by atoms with E-state index >= 15 is 0 Å². The van der Waals surface area contributed by atoms with E-state index < -0.39 is 11.4 Å². The minimum absolute atomic E-state index is 0.0834. The van der Waals surface area contributed by atoms with E-state index in [9.17, 15) is 4.79 Å². The molecule has 0 radical (unpaired) electrons. The summed E-state index contributed by atoms with van der Waals surface area (Å²) < 4.78 is 11.2. The molecule has 0 aliphatic carbocycles. The maximum Gasteiger partial charge on any atom is 0.304 e. The molecule has 0 amide bonds. The summed E-state index contributed by atoms with van der Waals surface area (Å²) in [6.45, 7) is 3.54. The van der Waals surface area contributed by atoms with Crippen molar-refractivity contribution in [3.8, 4) is 16.3 Å². The maximum atomic E-state index is 11.2. The molecule has 1 N–H and O–H groups in total. The van der Waals surface area contributed by atoms with Crippen molar-refractivity contribution in [1.82, 2.24) is 4.98 Å². The zero-order valence-corrected chi connectivity index (χ0v) is 17.1. The number of rotatable bonds is 8. The minimum atomic E-state index is -0.804. The van der Waals surface area contributed by atoms with Gasteiger partial charge in [0.25, 0.3) is 0 Å². The molecule has 150 valence electrons. The van der Waals surface area contributed by atoms with Gasteiger partial charge in [-0.25, -0.2) is 4.98 Å². The Bertz CT molecular complexity index is 978. The third-order valence-electron chi connectivity index (χ3n) is 5.23. The molecule has 5 nitrogen and oxygen atoms in total. The van der Waals surface area contributed by atoms with Crippen molar-refractivity contribution < 1.29 is 19.4 Å². The highest BCUT2D eigenvalue weighted by molar-refractivity contribution is 7.15. The van der Waals surface area contributed by atoms with Crippen LogP contribution in [0.15, 0.2) is 54.6 Å². The molecular formula is C23H23NO4S. The Morgan fingerprint density at radius 1 is 1.17 bits per heavy atom. The smallest absolute Gasteiger partial charge is 0.304 e. The second-order valence-corrected chi connectivity index (χ2v) is 8.56. The fourth-order valence-corrected chi connectivity index (χ4v) is 4.51. The van der Waals surface area contributed by atoms with Gasteiger partial charge in [0.05, 0.1) is 37.4 Å². The van der Waals surface area contributed by atoms with Gasteiger partial charge in [0, 0.05) is 16.9 Å². The van der Waals surface area contributed by atoms with Crippen LogP contribution in [0.1, 0.15) is 22.6 Å². The van der Waals surface area contributed by atoms with E-state index in [1.165, 1.54) is 4.88 Å². The number of ether oxygens (including phenoxy) is 2. The summed E-state index contributed by atoms with van der Waals surface area (Å²) in [5.41, 5.74) is 2.79. The van der Waals surface area contributed by atoms with Crippen LogP contribution in [0.25, 0.3) is 10.6 Å². The summed E-state index contributed by atoms with van der Waals surface area (Å²) in [4.78, 5) is 17.1. The van der Waals surface area contributed by atoms with Gasteiger partial charge in [-0.05, 0) is 24.6 Å². The van der Waals surface area contributed by atoms with Crippen LogP contribution in [0.2, 0.25) is 0 Å². The third kappa shape index (κ3) is 4.33. The van der Waals surface area contributed by atoms with E-state index in [-0.39, 0.29) is 6.42 Å². The van der Waals surface area contributed by atoms with Gasteiger partial charge in [-0.15, -0.1) is 11.3 Å². The average Bonchev–Trinajstić information content (AvgIpc) is 3.07. The number of hydrogen-bond acceptors (Lipinski definition) is 5. The van der Waals surface area contributed by atoms with Crippen molar-refractivity contribution in [2.24, 2.45) is 0 Å². The van der Waals surface area contributed by atoms with Crippen LogP contribution < -0.4 is 4.74 Å². The SMILES string of the molecule is Cc1sc(-c2ccccc2)nc1CCOc1ccc(C2(CC(=O)O)COC2)cc1.